The Bertz CT molecular complexity index is 335. The maximum atomic E-state index is 10.5. The van der Waals surface area contributed by atoms with Crippen molar-refractivity contribution in [3.05, 3.63) is 35.4 Å². The number of aryl methyl sites for hydroxylation is 1. The second kappa shape index (κ2) is 4.33. The van der Waals surface area contributed by atoms with E-state index in [9.17, 15) is 5.11 Å². The second-order valence-corrected chi connectivity index (χ2v) is 4.18. The molecule has 0 fully saturated rings. The number of fused-ring (bicyclic) bond motifs is 1. The van der Waals surface area contributed by atoms with Gasteiger partial charge in [-0.1, -0.05) is 24.3 Å². The van der Waals surface area contributed by atoms with Crippen molar-refractivity contribution in [3.8, 4) is 0 Å². The predicted octanol–water partition coefficient (Wildman–Crippen LogP) is 2.25. The maximum absolute atomic E-state index is 10.5. The van der Waals surface area contributed by atoms with Crippen molar-refractivity contribution < 1.29 is 9.84 Å². The first-order valence-corrected chi connectivity index (χ1v) is 5.65. The van der Waals surface area contributed by atoms with E-state index in [1.54, 1.807) is 0 Å². The highest BCUT2D eigenvalue weighted by Gasteiger charge is 2.33. The summed E-state index contributed by atoms with van der Waals surface area (Å²) in [4.78, 5) is 0. The van der Waals surface area contributed by atoms with E-state index in [0.717, 1.165) is 24.8 Å². The SMILES string of the molecule is CCOCC1(O)CCCc2ccccc21. The Morgan fingerprint density at radius 2 is 2.20 bits per heavy atom. The molecule has 1 aromatic rings. The van der Waals surface area contributed by atoms with Crippen LogP contribution in [0.5, 0.6) is 0 Å². The molecule has 1 aliphatic rings. The molecule has 1 aromatic carbocycles. The van der Waals surface area contributed by atoms with Gasteiger partial charge in [0.05, 0.1) is 6.61 Å². The molecular formula is C13H18O2. The molecule has 2 nitrogen and oxygen atoms in total. The van der Waals surface area contributed by atoms with Crippen LogP contribution < -0.4 is 0 Å². The van der Waals surface area contributed by atoms with Gasteiger partial charge in [0.2, 0.25) is 0 Å². The van der Waals surface area contributed by atoms with Gasteiger partial charge in [0.25, 0.3) is 0 Å². The quantitative estimate of drug-likeness (QED) is 0.822. The number of rotatable bonds is 3. The maximum Gasteiger partial charge on any atom is 0.113 e. The van der Waals surface area contributed by atoms with E-state index in [0.29, 0.717) is 13.2 Å². The van der Waals surface area contributed by atoms with Crippen LogP contribution in [0, 0.1) is 0 Å². The number of aliphatic hydroxyl groups is 1. The molecule has 0 amide bonds. The van der Waals surface area contributed by atoms with Crippen molar-refractivity contribution in [1.29, 1.82) is 0 Å². The van der Waals surface area contributed by atoms with Gasteiger partial charge in [0, 0.05) is 6.61 Å². The zero-order valence-corrected chi connectivity index (χ0v) is 9.20. The summed E-state index contributed by atoms with van der Waals surface area (Å²) in [5.74, 6) is 0. The molecule has 82 valence electrons. The fourth-order valence-electron chi connectivity index (χ4n) is 2.32. The molecule has 0 aliphatic heterocycles. The van der Waals surface area contributed by atoms with Crippen LogP contribution in [-0.2, 0) is 16.8 Å². The van der Waals surface area contributed by atoms with Gasteiger partial charge in [-0.2, -0.15) is 0 Å². The summed E-state index contributed by atoms with van der Waals surface area (Å²) in [7, 11) is 0. The second-order valence-electron chi connectivity index (χ2n) is 4.18. The lowest BCUT2D eigenvalue weighted by molar-refractivity contribution is -0.0591. The highest BCUT2D eigenvalue weighted by Crippen LogP contribution is 2.35. The summed E-state index contributed by atoms with van der Waals surface area (Å²) in [5.41, 5.74) is 1.57. The molecule has 15 heavy (non-hydrogen) atoms. The zero-order valence-electron chi connectivity index (χ0n) is 9.20. The summed E-state index contributed by atoms with van der Waals surface area (Å²) in [5, 5.41) is 10.5. The van der Waals surface area contributed by atoms with Gasteiger partial charge in [-0.05, 0) is 37.3 Å². The van der Waals surface area contributed by atoms with E-state index in [1.165, 1.54) is 5.56 Å². The van der Waals surface area contributed by atoms with Crippen LogP contribution in [0.4, 0.5) is 0 Å². The third kappa shape index (κ3) is 2.06. The zero-order chi connectivity index (χ0) is 10.7. The summed E-state index contributed by atoms with van der Waals surface area (Å²) >= 11 is 0. The van der Waals surface area contributed by atoms with E-state index in [4.69, 9.17) is 4.74 Å². The lowest BCUT2D eigenvalue weighted by Crippen LogP contribution is -2.35. The van der Waals surface area contributed by atoms with Gasteiger partial charge in [-0.25, -0.2) is 0 Å². The molecule has 1 unspecified atom stereocenters. The lowest BCUT2D eigenvalue weighted by Gasteiger charge is -2.34. The fraction of sp³-hybridized carbons (Fsp3) is 0.538. The molecular weight excluding hydrogens is 188 g/mol. The van der Waals surface area contributed by atoms with Gasteiger partial charge >= 0.3 is 0 Å². The van der Waals surface area contributed by atoms with E-state index in [-0.39, 0.29) is 0 Å². The predicted molar refractivity (Wildman–Crippen MR) is 59.8 cm³/mol. The lowest BCUT2D eigenvalue weighted by atomic mass is 9.80. The Labute approximate surface area is 90.9 Å². The molecule has 1 atom stereocenters. The van der Waals surface area contributed by atoms with Crippen LogP contribution in [0.15, 0.2) is 24.3 Å². The topological polar surface area (TPSA) is 29.5 Å². The van der Waals surface area contributed by atoms with Crippen LogP contribution in [0.2, 0.25) is 0 Å². The Morgan fingerprint density at radius 3 is 3.00 bits per heavy atom. The van der Waals surface area contributed by atoms with E-state index in [2.05, 4.69) is 6.07 Å². The third-order valence-corrected chi connectivity index (χ3v) is 3.10. The first kappa shape index (κ1) is 10.7. The van der Waals surface area contributed by atoms with Crippen molar-refractivity contribution in [2.75, 3.05) is 13.2 Å². The average Bonchev–Trinajstić information content (AvgIpc) is 2.27. The monoisotopic (exact) mass is 206 g/mol. The van der Waals surface area contributed by atoms with Crippen LogP contribution in [0.25, 0.3) is 0 Å². The van der Waals surface area contributed by atoms with Crippen molar-refractivity contribution in [2.24, 2.45) is 0 Å². The van der Waals surface area contributed by atoms with Crippen molar-refractivity contribution >= 4 is 0 Å². The van der Waals surface area contributed by atoms with Gasteiger partial charge in [0.15, 0.2) is 0 Å². The molecule has 2 rings (SSSR count). The van der Waals surface area contributed by atoms with Crippen LogP contribution in [0.3, 0.4) is 0 Å². The minimum atomic E-state index is -0.759. The Kier molecular flexibility index (Phi) is 3.08. The fourth-order valence-corrected chi connectivity index (χ4v) is 2.32. The van der Waals surface area contributed by atoms with Crippen molar-refractivity contribution in [1.82, 2.24) is 0 Å². The smallest absolute Gasteiger partial charge is 0.113 e. The Balaban J connectivity index is 2.27. The molecule has 0 saturated carbocycles. The summed E-state index contributed by atoms with van der Waals surface area (Å²) in [6.45, 7) is 3.03. The van der Waals surface area contributed by atoms with Crippen molar-refractivity contribution in [3.63, 3.8) is 0 Å². The number of hydrogen-bond donors (Lipinski definition) is 1. The molecule has 0 radical (unpaired) electrons. The summed E-state index contributed by atoms with van der Waals surface area (Å²) < 4.78 is 5.38. The minimum absolute atomic E-state index is 0.417. The first-order chi connectivity index (χ1) is 7.26. The highest BCUT2D eigenvalue weighted by atomic mass is 16.5. The normalized spacial score (nSPS) is 24.9. The Morgan fingerprint density at radius 1 is 1.40 bits per heavy atom. The van der Waals surface area contributed by atoms with Gasteiger partial charge in [-0.3, -0.25) is 0 Å². The van der Waals surface area contributed by atoms with E-state index < -0.39 is 5.60 Å². The molecule has 0 heterocycles. The summed E-state index contributed by atoms with van der Waals surface area (Å²) in [6.07, 6.45) is 2.93. The third-order valence-electron chi connectivity index (χ3n) is 3.10. The molecule has 0 bridgehead atoms. The molecule has 2 heteroatoms. The molecule has 1 N–H and O–H groups in total. The minimum Gasteiger partial charge on any atom is -0.383 e. The van der Waals surface area contributed by atoms with Crippen LogP contribution >= 0.6 is 0 Å². The standard InChI is InChI=1S/C13H18O2/c1-2-15-10-13(14)9-5-7-11-6-3-4-8-12(11)13/h3-4,6,8,14H,2,5,7,9-10H2,1H3. The van der Waals surface area contributed by atoms with Gasteiger partial charge in [-0.15, -0.1) is 0 Å². The molecule has 1 aliphatic carbocycles. The molecule has 0 spiro atoms. The summed E-state index contributed by atoms with van der Waals surface area (Å²) in [6, 6.07) is 8.14. The molecule has 0 aromatic heterocycles. The number of hydrogen-bond acceptors (Lipinski definition) is 2. The van der Waals surface area contributed by atoms with Crippen LogP contribution in [-0.4, -0.2) is 18.3 Å². The first-order valence-electron chi connectivity index (χ1n) is 5.65. The Hall–Kier alpha value is -0.860. The number of ether oxygens (including phenoxy) is 1. The number of benzene rings is 1. The van der Waals surface area contributed by atoms with E-state index in [1.807, 2.05) is 25.1 Å². The van der Waals surface area contributed by atoms with Gasteiger partial charge in [0.1, 0.15) is 5.60 Å². The van der Waals surface area contributed by atoms with E-state index >= 15 is 0 Å². The average molecular weight is 206 g/mol. The van der Waals surface area contributed by atoms with Crippen LogP contribution in [0.1, 0.15) is 30.9 Å². The van der Waals surface area contributed by atoms with Crippen molar-refractivity contribution in [2.45, 2.75) is 31.8 Å². The molecule has 0 saturated heterocycles. The highest BCUT2D eigenvalue weighted by molar-refractivity contribution is 5.34. The van der Waals surface area contributed by atoms with Gasteiger partial charge < -0.3 is 9.84 Å². The largest absolute Gasteiger partial charge is 0.383 e.